The minimum Gasteiger partial charge on any atom is -0.383 e. The van der Waals surface area contributed by atoms with Gasteiger partial charge in [-0.3, -0.25) is 4.79 Å². The molecule has 0 aliphatic rings. The molecule has 0 aromatic carbocycles. The predicted molar refractivity (Wildman–Crippen MR) is 92.2 cm³/mol. The summed E-state index contributed by atoms with van der Waals surface area (Å²) in [5, 5.41) is 6.54. The molecule has 2 N–H and O–H groups in total. The van der Waals surface area contributed by atoms with Crippen molar-refractivity contribution in [2.45, 2.75) is 46.6 Å². The summed E-state index contributed by atoms with van der Waals surface area (Å²) in [5.74, 6) is 0.642. The van der Waals surface area contributed by atoms with E-state index in [1.54, 1.807) is 26.1 Å². The van der Waals surface area contributed by atoms with Gasteiger partial charge in [-0.15, -0.1) is 0 Å². The summed E-state index contributed by atoms with van der Waals surface area (Å²) >= 11 is 0. The first-order chi connectivity index (χ1) is 10.2. The van der Waals surface area contributed by atoms with Crippen molar-refractivity contribution in [2.75, 3.05) is 40.9 Å². The second-order valence-electron chi connectivity index (χ2n) is 7.02. The fourth-order valence-electron chi connectivity index (χ4n) is 1.67. The molecule has 0 heterocycles. The van der Waals surface area contributed by atoms with Gasteiger partial charge in [-0.25, -0.2) is 4.99 Å². The third-order valence-electron chi connectivity index (χ3n) is 3.18. The smallest absolute Gasteiger partial charge is 0.243 e. The monoisotopic (exact) mass is 314 g/mol. The zero-order chi connectivity index (χ0) is 17.2. The Morgan fingerprint density at radius 1 is 1.32 bits per heavy atom. The van der Waals surface area contributed by atoms with Gasteiger partial charge in [0.25, 0.3) is 0 Å². The molecule has 1 atom stereocenters. The Morgan fingerprint density at radius 2 is 1.95 bits per heavy atom. The zero-order valence-corrected chi connectivity index (χ0v) is 15.3. The molecule has 0 rings (SSSR count). The van der Waals surface area contributed by atoms with Crippen LogP contribution in [0, 0.1) is 5.41 Å². The Balaban J connectivity index is 4.50. The third-order valence-corrected chi connectivity index (χ3v) is 3.18. The van der Waals surface area contributed by atoms with E-state index in [9.17, 15) is 4.79 Å². The zero-order valence-electron chi connectivity index (χ0n) is 15.3. The molecule has 0 aromatic rings. The Bertz CT molecular complexity index is 349. The number of carbonyl (C=O) groups is 1. The largest absolute Gasteiger partial charge is 0.383 e. The first kappa shape index (κ1) is 20.7. The maximum Gasteiger partial charge on any atom is 0.243 e. The van der Waals surface area contributed by atoms with Gasteiger partial charge in [0.2, 0.25) is 5.91 Å². The van der Waals surface area contributed by atoms with E-state index in [0.717, 1.165) is 12.8 Å². The number of methoxy groups -OCH3 is 1. The lowest BCUT2D eigenvalue weighted by Gasteiger charge is -2.23. The van der Waals surface area contributed by atoms with Gasteiger partial charge in [-0.2, -0.15) is 0 Å². The van der Waals surface area contributed by atoms with Crippen LogP contribution in [0.2, 0.25) is 0 Å². The number of hydrogen-bond acceptors (Lipinski definition) is 3. The number of hydrogen-bond donors (Lipinski definition) is 2. The van der Waals surface area contributed by atoms with Crippen molar-refractivity contribution in [3.8, 4) is 0 Å². The van der Waals surface area contributed by atoms with Crippen LogP contribution in [0.5, 0.6) is 0 Å². The van der Waals surface area contributed by atoms with E-state index >= 15 is 0 Å². The number of guanidine groups is 1. The Labute approximate surface area is 135 Å². The minimum absolute atomic E-state index is 0.0183. The van der Waals surface area contributed by atoms with E-state index in [-0.39, 0.29) is 12.5 Å². The molecule has 0 aromatic heterocycles. The SMILES string of the molecule is COCCNC(=NCC(=O)N(C)C)NC(C)CCC(C)(C)C. The molecule has 1 amide bonds. The maximum atomic E-state index is 11.7. The summed E-state index contributed by atoms with van der Waals surface area (Å²) in [7, 11) is 5.12. The lowest BCUT2D eigenvalue weighted by molar-refractivity contribution is -0.127. The fraction of sp³-hybridized carbons (Fsp3) is 0.875. The van der Waals surface area contributed by atoms with Gasteiger partial charge in [0.1, 0.15) is 6.54 Å². The lowest BCUT2D eigenvalue weighted by atomic mass is 9.89. The molecule has 0 fully saturated rings. The minimum atomic E-state index is -0.0183. The normalized spacial score (nSPS) is 13.7. The van der Waals surface area contributed by atoms with Crippen molar-refractivity contribution in [1.82, 2.24) is 15.5 Å². The van der Waals surface area contributed by atoms with Crippen LogP contribution in [0.4, 0.5) is 0 Å². The standard InChI is InChI=1S/C16H34N4O2/c1-13(8-9-16(2,3)4)19-15(17-10-11-22-7)18-12-14(21)20(5)6/h13H,8-12H2,1-7H3,(H2,17,18,19). The quantitative estimate of drug-likeness (QED) is 0.404. The van der Waals surface area contributed by atoms with Crippen molar-refractivity contribution < 1.29 is 9.53 Å². The van der Waals surface area contributed by atoms with Crippen LogP contribution in [0.1, 0.15) is 40.5 Å². The molecular weight excluding hydrogens is 280 g/mol. The van der Waals surface area contributed by atoms with Crippen LogP contribution in [0.3, 0.4) is 0 Å². The number of rotatable bonds is 8. The topological polar surface area (TPSA) is 66.0 Å². The molecule has 0 radical (unpaired) electrons. The van der Waals surface area contributed by atoms with E-state index in [2.05, 4.69) is 43.3 Å². The summed E-state index contributed by atoms with van der Waals surface area (Å²) in [6, 6.07) is 0.294. The van der Waals surface area contributed by atoms with Crippen molar-refractivity contribution in [3.05, 3.63) is 0 Å². The van der Waals surface area contributed by atoms with Crippen LogP contribution in [-0.4, -0.2) is 63.7 Å². The average molecular weight is 314 g/mol. The summed E-state index contributed by atoms with van der Waals surface area (Å²) in [5.41, 5.74) is 0.317. The summed E-state index contributed by atoms with van der Waals surface area (Å²) in [6.45, 7) is 10.2. The molecular formula is C16H34N4O2. The molecule has 6 nitrogen and oxygen atoms in total. The highest BCUT2D eigenvalue weighted by Gasteiger charge is 2.13. The number of carbonyl (C=O) groups excluding carboxylic acids is 1. The van der Waals surface area contributed by atoms with Gasteiger partial charge in [-0.1, -0.05) is 20.8 Å². The number of likely N-dealkylation sites (N-methyl/N-ethyl adjacent to an activating group) is 1. The van der Waals surface area contributed by atoms with Gasteiger partial charge in [-0.05, 0) is 25.2 Å². The van der Waals surface area contributed by atoms with Crippen LogP contribution in [0.25, 0.3) is 0 Å². The molecule has 1 unspecified atom stereocenters. The number of nitrogens with one attached hydrogen (secondary N) is 2. The van der Waals surface area contributed by atoms with E-state index in [1.165, 1.54) is 0 Å². The van der Waals surface area contributed by atoms with E-state index in [1.807, 2.05) is 0 Å². The molecule has 6 heteroatoms. The van der Waals surface area contributed by atoms with Crippen LogP contribution in [0.15, 0.2) is 4.99 Å². The van der Waals surface area contributed by atoms with Crippen molar-refractivity contribution >= 4 is 11.9 Å². The predicted octanol–water partition coefficient (Wildman–Crippen LogP) is 1.47. The number of aliphatic imine (C=N–C) groups is 1. The number of ether oxygens (including phenoxy) is 1. The molecule has 0 aliphatic carbocycles. The first-order valence-electron chi connectivity index (χ1n) is 7.89. The highest BCUT2D eigenvalue weighted by molar-refractivity contribution is 5.84. The van der Waals surface area contributed by atoms with E-state index in [0.29, 0.717) is 30.6 Å². The van der Waals surface area contributed by atoms with Crippen LogP contribution in [-0.2, 0) is 9.53 Å². The first-order valence-corrected chi connectivity index (χ1v) is 7.89. The molecule has 0 saturated carbocycles. The van der Waals surface area contributed by atoms with E-state index in [4.69, 9.17) is 4.74 Å². The molecule has 22 heavy (non-hydrogen) atoms. The Kier molecular flexibility index (Phi) is 9.81. The number of amides is 1. The summed E-state index contributed by atoms with van der Waals surface area (Å²) in [4.78, 5) is 17.5. The van der Waals surface area contributed by atoms with Gasteiger partial charge in [0.05, 0.1) is 6.61 Å². The molecule has 0 aliphatic heterocycles. The van der Waals surface area contributed by atoms with Crippen molar-refractivity contribution in [1.29, 1.82) is 0 Å². The maximum absolute atomic E-state index is 11.7. The van der Waals surface area contributed by atoms with Crippen molar-refractivity contribution in [3.63, 3.8) is 0 Å². The lowest BCUT2D eigenvalue weighted by Crippen LogP contribution is -2.44. The second-order valence-corrected chi connectivity index (χ2v) is 7.02. The van der Waals surface area contributed by atoms with Gasteiger partial charge in [0.15, 0.2) is 5.96 Å². The Hall–Kier alpha value is -1.30. The van der Waals surface area contributed by atoms with Gasteiger partial charge < -0.3 is 20.3 Å². The summed E-state index contributed by atoms with van der Waals surface area (Å²) in [6.07, 6.45) is 2.18. The van der Waals surface area contributed by atoms with Crippen LogP contribution < -0.4 is 10.6 Å². The number of nitrogens with zero attached hydrogens (tertiary/aromatic N) is 2. The summed E-state index contributed by atoms with van der Waals surface area (Å²) < 4.78 is 5.03. The molecule has 130 valence electrons. The third kappa shape index (κ3) is 11.4. The highest BCUT2D eigenvalue weighted by Crippen LogP contribution is 2.21. The van der Waals surface area contributed by atoms with Gasteiger partial charge >= 0.3 is 0 Å². The molecule has 0 saturated heterocycles. The fourth-order valence-corrected chi connectivity index (χ4v) is 1.67. The average Bonchev–Trinajstić information content (AvgIpc) is 2.41. The molecule has 0 bridgehead atoms. The van der Waals surface area contributed by atoms with Crippen molar-refractivity contribution in [2.24, 2.45) is 10.4 Å². The second kappa shape index (κ2) is 10.4. The van der Waals surface area contributed by atoms with E-state index < -0.39 is 0 Å². The van der Waals surface area contributed by atoms with Crippen LogP contribution >= 0.6 is 0 Å². The molecule has 0 spiro atoms. The highest BCUT2D eigenvalue weighted by atomic mass is 16.5. The Morgan fingerprint density at radius 3 is 2.45 bits per heavy atom. The van der Waals surface area contributed by atoms with Gasteiger partial charge in [0, 0.05) is 33.8 Å².